The summed E-state index contributed by atoms with van der Waals surface area (Å²) in [5.41, 5.74) is 3.16. The Morgan fingerprint density at radius 2 is 2.19 bits per heavy atom. The first kappa shape index (κ1) is 10.7. The summed E-state index contributed by atoms with van der Waals surface area (Å²) in [6, 6.07) is 8.63. The average molecular weight is 213 g/mol. The quantitative estimate of drug-likeness (QED) is 0.769. The first-order chi connectivity index (χ1) is 7.63. The third kappa shape index (κ3) is 1.67. The van der Waals surface area contributed by atoms with E-state index < -0.39 is 0 Å². The fraction of sp³-hybridized carbons (Fsp3) is 0.385. The van der Waals surface area contributed by atoms with Gasteiger partial charge < -0.3 is 4.57 Å². The van der Waals surface area contributed by atoms with E-state index >= 15 is 0 Å². The summed E-state index contributed by atoms with van der Waals surface area (Å²) < 4.78 is 2.21. The Hall–Kier alpha value is -1.82. The van der Waals surface area contributed by atoms with Crippen LogP contribution in [0.1, 0.15) is 31.3 Å². The van der Waals surface area contributed by atoms with E-state index in [1.54, 1.807) is 0 Å². The van der Waals surface area contributed by atoms with Crippen molar-refractivity contribution in [2.75, 3.05) is 0 Å². The summed E-state index contributed by atoms with van der Waals surface area (Å²) >= 11 is 0. The Morgan fingerprint density at radius 3 is 2.81 bits per heavy atom. The number of rotatable bonds is 2. The number of hydrogen-bond acceptors (Lipinski definition) is 2. The molecular formula is C13H15N3. The van der Waals surface area contributed by atoms with Crippen LogP contribution in [-0.4, -0.2) is 9.55 Å². The van der Waals surface area contributed by atoms with Gasteiger partial charge in [-0.3, -0.25) is 0 Å². The van der Waals surface area contributed by atoms with Crippen molar-refractivity contribution in [3.05, 3.63) is 29.6 Å². The van der Waals surface area contributed by atoms with Crippen molar-refractivity contribution in [1.29, 1.82) is 5.26 Å². The molecule has 16 heavy (non-hydrogen) atoms. The fourth-order valence-electron chi connectivity index (χ4n) is 2.12. The first-order valence-electron chi connectivity index (χ1n) is 5.48. The molecule has 0 fully saturated rings. The fourth-order valence-corrected chi connectivity index (χ4v) is 2.12. The molecule has 0 spiro atoms. The lowest BCUT2D eigenvalue weighted by Gasteiger charge is -2.10. The monoisotopic (exact) mass is 213 g/mol. The van der Waals surface area contributed by atoms with Gasteiger partial charge >= 0.3 is 0 Å². The molecule has 2 rings (SSSR count). The lowest BCUT2D eigenvalue weighted by Crippen LogP contribution is -2.02. The molecule has 0 saturated carbocycles. The molecule has 0 saturated heterocycles. The van der Waals surface area contributed by atoms with E-state index in [4.69, 9.17) is 5.26 Å². The summed E-state index contributed by atoms with van der Waals surface area (Å²) in [6.45, 7) is 6.32. The molecule has 1 aromatic heterocycles. The van der Waals surface area contributed by atoms with Gasteiger partial charge in [-0.1, -0.05) is 6.07 Å². The lowest BCUT2D eigenvalue weighted by molar-refractivity contribution is 0.600. The molecule has 3 nitrogen and oxygen atoms in total. The lowest BCUT2D eigenvalue weighted by atomic mass is 10.1. The van der Waals surface area contributed by atoms with Crippen LogP contribution in [0, 0.1) is 18.3 Å². The second kappa shape index (κ2) is 3.97. The van der Waals surface area contributed by atoms with Crippen LogP contribution < -0.4 is 0 Å². The maximum Gasteiger partial charge on any atom is 0.106 e. The summed E-state index contributed by atoms with van der Waals surface area (Å²) in [4.78, 5) is 4.53. The highest BCUT2D eigenvalue weighted by molar-refractivity contribution is 5.77. The highest BCUT2D eigenvalue weighted by Gasteiger charge is 2.09. The number of hydrogen-bond donors (Lipinski definition) is 0. The molecule has 0 N–H and O–H groups in total. The maximum absolute atomic E-state index is 8.66. The van der Waals surface area contributed by atoms with Gasteiger partial charge in [-0.25, -0.2) is 4.98 Å². The van der Waals surface area contributed by atoms with Gasteiger partial charge in [-0.2, -0.15) is 5.26 Å². The van der Waals surface area contributed by atoms with E-state index in [0.717, 1.165) is 22.4 Å². The van der Waals surface area contributed by atoms with Gasteiger partial charge in [-0.15, -0.1) is 0 Å². The van der Waals surface area contributed by atoms with Crippen molar-refractivity contribution in [2.45, 2.75) is 33.2 Å². The molecule has 0 aliphatic heterocycles. The molecule has 0 unspecified atom stereocenters. The van der Waals surface area contributed by atoms with E-state index in [-0.39, 0.29) is 0 Å². The first-order valence-corrected chi connectivity index (χ1v) is 5.48. The number of nitrogens with zero attached hydrogens (tertiary/aromatic N) is 3. The minimum atomic E-state index is 0.409. The highest BCUT2D eigenvalue weighted by atomic mass is 15.1. The Labute approximate surface area is 95.3 Å². The van der Waals surface area contributed by atoms with Crippen molar-refractivity contribution in [1.82, 2.24) is 9.55 Å². The van der Waals surface area contributed by atoms with Gasteiger partial charge in [0, 0.05) is 6.04 Å². The Kier molecular flexibility index (Phi) is 2.66. The summed E-state index contributed by atoms with van der Waals surface area (Å²) in [5, 5.41) is 8.66. The number of aryl methyl sites for hydroxylation is 1. The van der Waals surface area contributed by atoms with Gasteiger partial charge in [0.2, 0.25) is 0 Å². The normalized spacial score (nSPS) is 10.9. The van der Waals surface area contributed by atoms with Crippen LogP contribution >= 0.6 is 0 Å². The van der Waals surface area contributed by atoms with Gasteiger partial charge in [0.25, 0.3) is 0 Å². The largest absolute Gasteiger partial charge is 0.326 e. The van der Waals surface area contributed by atoms with Crippen molar-refractivity contribution in [2.24, 2.45) is 0 Å². The predicted octanol–water partition coefficient (Wildman–Crippen LogP) is 2.99. The van der Waals surface area contributed by atoms with Crippen LogP contribution in [0.15, 0.2) is 18.2 Å². The topological polar surface area (TPSA) is 41.6 Å². The van der Waals surface area contributed by atoms with E-state index in [0.29, 0.717) is 12.5 Å². The third-order valence-corrected chi connectivity index (χ3v) is 2.73. The van der Waals surface area contributed by atoms with Crippen molar-refractivity contribution in [3.8, 4) is 6.07 Å². The van der Waals surface area contributed by atoms with Crippen LogP contribution in [0.25, 0.3) is 11.0 Å². The van der Waals surface area contributed by atoms with E-state index in [2.05, 4.69) is 35.5 Å². The smallest absolute Gasteiger partial charge is 0.106 e. The van der Waals surface area contributed by atoms with Crippen molar-refractivity contribution >= 4 is 11.0 Å². The zero-order chi connectivity index (χ0) is 11.7. The molecule has 1 heterocycles. The Morgan fingerprint density at radius 1 is 1.44 bits per heavy atom. The Balaban J connectivity index is 2.61. The van der Waals surface area contributed by atoms with Crippen LogP contribution in [0.5, 0.6) is 0 Å². The molecule has 0 radical (unpaired) electrons. The zero-order valence-electron chi connectivity index (χ0n) is 9.86. The minimum Gasteiger partial charge on any atom is -0.326 e. The molecule has 0 bridgehead atoms. The number of nitriles is 1. The van der Waals surface area contributed by atoms with Crippen LogP contribution in [-0.2, 0) is 6.42 Å². The maximum atomic E-state index is 8.66. The molecule has 0 aliphatic carbocycles. The van der Waals surface area contributed by atoms with E-state index in [1.807, 2.05) is 19.1 Å². The van der Waals surface area contributed by atoms with Crippen LogP contribution in [0.2, 0.25) is 0 Å². The molecular weight excluding hydrogens is 198 g/mol. The second-order valence-electron chi connectivity index (χ2n) is 4.28. The summed E-state index contributed by atoms with van der Waals surface area (Å²) in [6.07, 6.45) is 0.448. The number of imidazole rings is 1. The van der Waals surface area contributed by atoms with Gasteiger partial charge in [0.1, 0.15) is 5.82 Å². The molecule has 82 valence electrons. The minimum absolute atomic E-state index is 0.409. The predicted molar refractivity (Wildman–Crippen MR) is 64.2 cm³/mol. The molecule has 3 heteroatoms. The van der Waals surface area contributed by atoms with Gasteiger partial charge in [0.05, 0.1) is 23.5 Å². The van der Waals surface area contributed by atoms with Gasteiger partial charge in [0.15, 0.2) is 0 Å². The molecule has 0 amide bonds. The summed E-state index contributed by atoms with van der Waals surface area (Å²) in [5.74, 6) is 1.03. The van der Waals surface area contributed by atoms with Crippen molar-refractivity contribution in [3.63, 3.8) is 0 Å². The zero-order valence-corrected chi connectivity index (χ0v) is 9.86. The third-order valence-electron chi connectivity index (χ3n) is 2.73. The molecule has 2 aromatic rings. The van der Waals surface area contributed by atoms with E-state index in [1.165, 1.54) is 0 Å². The van der Waals surface area contributed by atoms with Gasteiger partial charge in [-0.05, 0) is 38.5 Å². The number of aromatic nitrogens is 2. The van der Waals surface area contributed by atoms with Crippen LogP contribution in [0.3, 0.4) is 0 Å². The van der Waals surface area contributed by atoms with Crippen molar-refractivity contribution < 1.29 is 0 Å². The molecule has 0 atom stereocenters. The molecule has 0 aliphatic rings. The average Bonchev–Trinajstić information content (AvgIpc) is 2.53. The standard InChI is InChI=1S/C13H15N3/c1-9(2)16-10(3)15-12-8-11(6-7-14)4-5-13(12)16/h4-5,8-9H,6H2,1-3H3. The SMILES string of the molecule is Cc1nc2cc(CC#N)ccc2n1C(C)C. The van der Waals surface area contributed by atoms with E-state index in [9.17, 15) is 0 Å². The second-order valence-corrected chi connectivity index (χ2v) is 4.28. The molecule has 1 aromatic carbocycles. The number of benzene rings is 1. The summed E-state index contributed by atoms with van der Waals surface area (Å²) in [7, 11) is 0. The Bertz CT molecular complexity index is 558. The van der Waals surface area contributed by atoms with Crippen LogP contribution in [0.4, 0.5) is 0 Å². The number of fused-ring (bicyclic) bond motifs is 1. The highest BCUT2D eigenvalue weighted by Crippen LogP contribution is 2.21.